The molecule has 0 unspecified atom stereocenters. The molecule has 6 heteroatoms. The summed E-state index contributed by atoms with van der Waals surface area (Å²) in [5.41, 5.74) is 1.48. The number of esters is 1. The fourth-order valence-electron chi connectivity index (χ4n) is 2.63. The first-order valence-electron chi connectivity index (χ1n) is 9.65. The van der Waals surface area contributed by atoms with Crippen LogP contribution in [-0.4, -0.2) is 29.9 Å². The number of amides is 2. The van der Waals surface area contributed by atoms with Crippen LogP contribution in [0, 0.1) is 0 Å². The minimum absolute atomic E-state index is 0.0145. The van der Waals surface area contributed by atoms with Crippen LogP contribution >= 0.6 is 0 Å². The average molecular weight is 396 g/mol. The number of nitrogens with one attached hydrogen (secondary N) is 2. The van der Waals surface area contributed by atoms with Crippen molar-refractivity contribution in [3.8, 4) is 0 Å². The molecule has 6 nitrogen and oxygen atoms in total. The highest BCUT2D eigenvalue weighted by Crippen LogP contribution is 2.17. The van der Waals surface area contributed by atoms with Crippen molar-refractivity contribution in [2.75, 3.05) is 11.9 Å². The summed E-state index contributed by atoms with van der Waals surface area (Å²) in [5, 5.41) is 5.58. The minimum Gasteiger partial charge on any atom is -0.465 e. The van der Waals surface area contributed by atoms with Gasteiger partial charge in [0.1, 0.15) is 0 Å². The van der Waals surface area contributed by atoms with Gasteiger partial charge in [-0.2, -0.15) is 0 Å². The molecule has 0 aromatic heterocycles. The summed E-state index contributed by atoms with van der Waals surface area (Å²) in [5.74, 6) is -1.04. The Hall–Kier alpha value is -3.15. The maximum atomic E-state index is 12.4. The molecule has 0 atom stereocenters. The third-order valence-corrected chi connectivity index (χ3v) is 3.99. The van der Waals surface area contributed by atoms with Gasteiger partial charge in [0, 0.05) is 18.4 Å². The van der Waals surface area contributed by atoms with Crippen LogP contribution in [0.5, 0.6) is 0 Å². The zero-order chi connectivity index (χ0) is 21.3. The molecule has 0 spiro atoms. The highest BCUT2D eigenvalue weighted by Gasteiger charge is 2.19. The third kappa shape index (κ3) is 8.17. The van der Waals surface area contributed by atoms with E-state index in [-0.39, 0.29) is 31.3 Å². The SMILES string of the molecule is CC(C)(C)NC(=O)c1ccccc1NC(=O)CCC(=O)OCCc1ccccc1. The first kappa shape index (κ1) is 22.1. The van der Waals surface area contributed by atoms with E-state index in [9.17, 15) is 14.4 Å². The molecule has 0 fully saturated rings. The molecule has 2 amide bonds. The van der Waals surface area contributed by atoms with Crippen LogP contribution in [0.4, 0.5) is 5.69 Å². The molecular weight excluding hydrogens is 368 g/mol. The Kier molecular flexibility index (Phi) is 7.95. The minimum atomic E-state index is -0.421. The number of hydrogen-bond acceptors (Lipinski definition) is 4. The van der Waals surface area contributed by atoms with E-state index in [2.05, 4.69) is 10.6 Å². The number of carbonyl (C=O) groups excluding carboxylic acids is 3. The summed E-state index contributed by atoms with van der Waals surface area (Å²) in [6.45, 7) is 5.93. The second-order valence-corrected chi connectivity index (χ2v) is 7.75. The normalized spacial score (nSPS) is 10.9. The quantitative estimate of drug-likeness (QED) is 0.666. The van der Waals surface area contributed by atoms with Gasteiger partial charge in [-0.3, -0.25) is 14.4 Å². The first-order valence-corrected chi connectivity index (χ1v) is 9.65. The molecule has 154 valence electrons. The smallest absolute Gasteiger partial charge is 0.306 e. The predicted octanol–water partition coefficient (Wildman–Crippen LogP) is 3.72. The molecule has 29 heavy (non-hydrogen) atoms. The summed E-state index contributed by atoms with van der Waals surface area (Å²) >= 11 is 0. The largest absolute Gasteiger partial charge is 0.465 e. The lowest BCUT2D eigenvalue weighted by Crippen LogP contribution is -2.40. The van der Waals surface area contributed by atoms with Crippen LogP contribution in [0.3, 0.4) is 0 Å². The van der Waals surface area contributed by atoms with Crippen molar-refractivity contribution >= 4 is 23.5 Å². The summed E-state index contributed by atoms with van der Waals surface area (Å²) in [6.07, 6.45) is 0.603. The first-order chi connectivity index (χ1) is 13.7. The number of benzene rings is 2. The van der Waals surface area contributed by atoms with Crippen molar-refractivity contribution in [1.29, 1.82) is 0 Å². The van der Waals surface area contributed by atoms with Gasteiger partial charge in [0.15, 0.2) is 0 Å². The third-order valence-electron chi connectivity index (χ3n) is 3.99. The van der Waals surface area contributed by atoms with Crippen molar-refractivity contribution in [3.05, 3.63) is 65.7 Å². The van der Waals surface area contributed by atoms with Gasteiger partial charge < -0.3 is 15.4 Å². The van der Waals surface area contributed by atoms with Gasteiger partial charge in [0.2, 0.25) is 5.91 Å². The van der Waals surface area contributed by atoms with Crippen LogP contribution < -0.4 is 10.6 Å². The van der Waals surface area contributed by atoms with Crippen molar-refractivity contribution in [2.24, 2.45) is 0 Å². The zero-order valence-electron chi connectivity index (χ0n) is 17.2. The molecule has 0 radical (unpaired) electrons. The second-order valence-electron chi connectivity index (χ2n) is 7.75. The van der Waals surface area contributed by atoms with E-state index in [1.807, 2.05) is 51.1 Å². The Morgan fingerprint density at radius 2 is 1.55 bits per heavy atom. The highest BCUT2D eigenvalue weighted by atomic mass is 16.5. The molecule has 2 aromatic rings. The van der Waals surface area contributed by atoms with Gasteiger partial charge in [-0.25, -0.2) is 0 Å². The van der Waals surface area contributed by atoms with Gasteiger partial charge in [0.25, 0.3) is 5.91 Å². The lowest BCUT2D eigenvalue weighted by molar-refractivity contribution is -0.144. The lowest BCUT2D eigenvalue weighted by atomic mass is 10.1. The van der Waals surface area contributed by atoms with E-state index in [4.69, 9.17) is 4.74 Å². The van der Waals surface area contributed by atoms with Crippen LogP contribution in [0.2, 0.25) is 0 Å². The summed E-state index contributed by atoms with van der Waals surface area (Å²) < 4.78 is 5.18. The molecule has 0 aliphatic heterocycles. The fraction of sp³-hybridized carbons (Fsp3) is 0.348. The van der Waals surface area contributed by atoms with E-state index in [1.165, 1.54) is 0 Å². The second kappa shape index (κ2) is 10.4. The number of carbonyl (C=O) groups is 3. The van der Waals surface area contributed by atoms with Crippen molar-refractivity contribution in [3.63, 3.8) is 0 Å². The van der Waals surface area contributed by atoms with Crippen molar-refractivity contribution in [1.82, 2.24) is 5.32 Å². The molecule has 0 bridgehead atoms. The number of anilines is 1. The van der Waals surface area contributed by atoms with Crippen LogP contribution in [0.15, 0.2) is 54.6 Å². The number of hydrogen-bond donors (Lipinski definition) is 2. The molecule has 2 N–H and O–H groups in total. The van der Waals surface area contributed by atoms with Gasteiger partial charge in [-0.1, -0.05) is 42.5 Å². The van der Waals surface area contributed by atoms with E-state index in [0.29, 0.717) is 17.7 Å². The Morgan fingerprint density at radius 3 is 2.24 bits per heavy atom. The average Bonchev–Trinajstić information content (AvgIpc) is 2.66. The van der Waals surface area contributed by atoms with Crippen molar-refractivity contribution in [2.45, 2.75) is 45.6 Å². The van der Waals surface area contributed by atoms with Gasteiger partial charge in [-0.05, 0) is 38.5 Å². The monoisotopic (exact) mass is 396 g/mol. The fourth-order valence-corrected chi connectivity index (χ4v) is 2.63. The highest BCUT2D eigenvalue weighted by molar-refractivity contribution is 6.04. The zero-order valence-corrected chi connectivity index (χ0v) is 17.2. The Labute approximate surface area is 171 Å². The van der Waals surface area contributed by atoms with Crippen molar-refractivity contribution < 1.29 is 19.1 Å². The van der Waals surface area contributed by atoms with E-state index in [1.54, 1.807) is 24.3 Å². The number of rotatable bonds is 8. The van der Waals surface area contributed by atoms with Crippen LogP contribution in [0.25, 0.3) is 0 Å². The lowest BCUT2D eigenvalue weighted by Gasteiger charge is -2.21. The topological polar surface area (TPSA) is 84.5 Å². The van der Waals surface area contributed by atoms with Crippen LogP contribution in [0.1, 0.15) is 49.5 Å². The standard InChI is InChI=1S/C23H28N2O4/c1-23(2,3)25-22(28)18-11-7-8-12-19(18)24-20(26)13-14-21(27)29-16-15-17-9-5-4-6-10-17/h4-12H,13-16H2,1-3H3,(H,24,26)(H,25,28). The Morgan fingerprint density at radius 1 is 0.897 bits per heavy atom. The van der Waals surface area contributed by atoms with E-state index >= 15 is 0 Å². The number of para-hydroxylation sites is 1. The molecule has 2 rings (SSSR count). The molecule has 0 aliphatic carbocycles. The van der Waals surface area contributed by atoms with Gasteiger partial charge >= 0.3 is 5.97 Å². The van der Waals surface area contributed by atoms with Gasteiger partial charge in [0.05, 0.1) is 24.3 Å². The molecule has 0 saturated heterocycles. The Balaban J connectivity index is 1.80. The predicted molar refractivity (Wildman–Crippen MR) is 113 cm³/mol. The summed E-state index contributed by atoms with van der Waals surface area (Å²) in [7, 11) is 0. The maximum Gasteiger partial charge on any atom is 0.306 e. The maximum absolute atomic E-state index is 12.4. The molecular formula is C23H28N2O4. The molecule has 0 aliphatic rings. The van der Waals surface area contributed by atoms with Gasteiger partial charge in [-0.15, -0.1) is 0 Å². The Bertz CT molecular complexity index is 841. The summed E-state index contributed by atoms with van der Waals surface area (Å²) in [4.78, 5) is 36.5. The molecule has 2 aromatic carbocycles. The van der Waals surface area contributed by atoms with E-state index < -0.39 is 11.5 Å². The molecule has 0 saturated carbocycles. The van der Waals surface area contributed by atoms with Crippen LogP contribution in [-0.2, 0) is 20.7 Å². The summed E-state index contributed by atoms with van der Waals surface area (Å²) in [6, 6.07) is 16.5. The van der Waals surface area contributed by atoms with E-state index in [0.717, 1.165) is 5.56 Å². The number of ether oxygens (including phenoxy) is 1. The molecule has 0 heterocycles.